The molecule has 4 rings (SSSR count). The number of allylic oxidation sites excluding steroid dienone is 1. The summed E-state index contributed by atoms with van der Waals surface area (Å²) in [6.07, 6.45) is 5.08. The van der Waals surface area contributed by atoms with Crippen molar-refractivity contribution in [2.45, 2.75) is 13.0 Å². The number of carbonyl (C=O) groups is 1. The smallest absolute Gasteiger partial charge is 0.338 e. The van der Waals surface area contributed by atoms with Crippen LogP contribution in [0, 0.1) is 0 Å². The second-order valence-corrected chi connectivity index (χ2v) is 8.19. The van der Waals surface area contributed by atoms with Crippen molar-refractivity contribution in [2.75, 3.05) is 14.2 Å². The van der Waals surface area contributed by atoms with Crippen LogP contribution in [0.3, 0.4) is 0 Å². The summed E-state index contributed by atoms with van der Waals surface area (Å²) in [5, 5.41) is 0.451. The number of pyridine rings is 1. The van der Waals surface area contributed by atoms with Gasteiger partial charge in [0.15, 0.2) is 4.80 Å². The molecule has 9 heteroatoms. The highest BCUT2D eigenvalue weighted by Crippen LogP contribution is 2.37. The van der Waals surface area contributed by atoms with Crippen LogP contribution in [-0.2, 0) is 9.53 Å². The summed E-state index contributed by atoms with van der Waals surface area (Å²) >= 11 is 7.50. The van der Waals surface area contributed by atoms with Crippen LogP contribution in [0.4, 0.5) is 0 Å². The van der Waals surface area contributed by atoms with E-state index in [1.807, 2.05) is 6.07 Å². The third-order valence-corrected chi connectivity index (χ3v) is 6.11. The zero-order valence-corrected chi connectivity index (χ0v) is 18.5. The van der Waals surface area contributed by atoms with Gasteiger partial charge in [-0.25, -0.2) is 9.79 Å². The molecule has 1 aliphatic rings. The number of thiazole rings is 1. The maximum absolute atomic E-state index is 13.5. The van der Waals surface area contributed by atoms with Gasteiger partial charge in [0, 0.05) is 23.0 Å². The lowest BCUT2D eigenvalue weighted by atomic mass is 9.95. The minimum absolute atomic E-state index is 0.253. The molecule has 1 atom stereocenters. The first-order valence-corrected chi connectivity index (χ1v) is 10.5. The molecular weight excluding hydrogens is 438 g/mol. The Labute approximate surface area is 186 Å². The Bertz CT molecular complexity index is 1380. The maximum atomic E-state index is 13.5. The molecule has 3 aromatic rings. The highest BCUT2D eigenvalue weighted by molar-refractivity contribution is 7.07. The van der Waals surface area contributed by atoms with Gasteiger partial charge >= 0.3 is 5.97 Å². The van der Waals surface area contributed by atoms with E-state index in [2.05, 4.69) is 9.98 Å². The van der Waals surface area contributed by atoms with Crippen LogP contribution in [0.5, 0.6) is 5.75 Å². The van der Waals surface area contributed by atoms with Crippen molar-refractivity contribution in [1.82, 2.24) is 9.55 Å². The monoisotopic (exact) mass is 455 g/mol. The first kappa shape index (κ1) is 21.0. The predicted molar refractivity (Wildman–Crippen MR) is 118 cm³/mol. The number of hydrogen-bond acceptors (Lipinski definition) is 7. The molecule has 0 N–H and O–H groups in total. The van der Waals surface area contributed by atoms with E-state index in [1.165, 1.54) is 30.1 Å². The van der Waals surface area contributed by atoms with Gasteiger partial charge < -0.3 is 9.47 Å². The maximum Gasteiger partial charge on any atom is 0.338 e. The lowest BCUT2D eigenvalue weighted by molar-refractivity contribution is -0.136. The van der Waals surface area contributed by atoms with E-state index in [0.717, 1.165) is 5.56 Å². The van der Waals surface area contributed by atoms with E-state index >= 15 is 0 Å². The zero-order valence-electron chi connectivity index (χ0n) is 17.0. The van der Waals surface area contributed by atoms with Crippen molar-refractivity contribution in [3.63, 3.8) is 0 Å². The Kier molecular flexibility index (Phi) is 5.75. The number of halogens is 1. The molecule has 2 aromatic heterocycles. The predicted octanol–water partition coefficient (Wildman–Crippen LogP) is 2.47. The lowest BCUT2D eigenvalue weighted by Gasteiger charge is -2.25. The number of hydrogen-bond donors (Lipinski definition) is 0. The molecule has 0 aliphatic carbocycles. The van der Waals surface area contributed by atoms with Crippen molar-refractivity contribution in [1.29, 1.82) is 0 Å². The topological polar surface area (TPSA) is 82.8 Å². The fourth-order valence-electron chi connectivity index (χ4n) is 3.52. The lowest BCUT2D eigenvalue weighted by Crippen LogP contribution is -2.40. The minimum atomic E-state index is -0.798. The van der Waals surface area contributed by atoms with Gasteiger partial charge in [-0.05, 0) is 42.8 Å². The third-order valence-electron chi connectivity index (χ3n) is 4.90. The van der Waals surface area contributed by atoms with Gasteiger partial charge in [0.05, 0.1) is 30.0 Å². The van der Waals surface area contributed by atoms with Gasteiger partial charge in [-0.1, -0.05) is 29.0 Å². The number of nitrogens with zero attached hydrogens (tertiary/aromatic N) is 3. The first-order chi connectivity index (χ1) is 14.9. The summed E-state index contributed by atoms with van der Waals surface area (Å²) < 4.78 is 12.5. The number of esters is 1. The van der Waals surface area contributed by atoms with Crippen LogP contribution in [0.15, 0.2) is 63.8 Å². The summed E-state index contributed by atoms with van der Waals surface area (Å²) in [7, 11) is 2.82. The molecule has 7 nitrogen and oxygen atoms in total. The zero-order chi connectivity index (χ0) is 22.1. The van der Waals surface area contributed by atoms with Crippen LogP contribution < -0.4 is 19.6 Å². The number of benzene rings is 1. The van der Waals surface area contributed by atoms with Crippen LogP contribution in [-0.4, -0.2) is 29.7 Å². The van der Waals surface area contributed by atoms with E-state index in [-0.39, 0.29) is 11.1 Å². The van der Waals surface area contributed by atoms with Crippen molar-refractivity contribution < 1.29 is 14.3 Å². The molecule has 0 unspecified atom stereocenters. The Balaban J connectivity index is 2.04. The number of rotatable bonds is 4. The van der Waals surface area contributed by atoms with Crippen LogP contribution in [0.1, 0.15) is 24.1 Å². The fraction of sp³-hybridized carbons (Fsp3) is 0.182. The van der Waals surface area contributed by atoms with Crippen LogP contribution in [0.2, 0.25) is 5.02 Å². The van der Waals surface area contributed by atoms with Crippen LogP contribution >= 0.6 is 22.9 Å². The second kappa shape index (κ2) is 8.49. The van der Waals surface area contributed by atoms with Gasteiger partial charge in [0.2, 0.25) is 0 Å². The molecule has 1 aliphatic heterocycles. The minimum Gasteiger partial charge on any atom is -0.496 e. The van der Waals surface area contributed by atoms with Crippen LogP contribution in [0.25, 0.3) is 6.08 Å². The Morgan fingerprint density at radius 2 is 2.10 bits per heavy atom. The van der Waals surface area contributed by atoms with Gasteiger partial charge in [0.1, 0.15) is 11.8 Å². The summed E-state index contributed by atoms with van der Waals surface area (Å²) in [5.41, 5.74) is 1.79. The quantitative estimate of drug-likeness (QED) is 0.564. The Morgan fingerprint density at radius 1 is 1.29 bits per heavy atom. The summed E-state index contributed by atoms with van der Waals surface area (Å²) in [5.74, 6) is -0.0813. The van der Waals surface area contributed by atoms with E-state index in [0.29, 0.717) is 31.4 Å². The standard InChI is InChI=1S/C22H18ClN3O4S/c1-12-18(21(28)30-3)19(15-10-14(23)6-7-16(15)29-2)26-20(27)17(31-22(26)25-12)9-13-5-4-8-24-11-13/h4-11,19H,1-3H3/b17-9-/t19-/m0/s1. The average molecular weight is 456 g/mol. The van der Waals surface area contributed by atoms with Gasteiger partial charge in [-0.15, -0.1) is 0 Å². The number of methoxy groups -OCH3 is 2. The number of aromatic nitrogens is 2. The van der Waals surface area contributed by atoms with Crippen molar-refractivity contribution >= 4 is 35.0 Å². The summed E-state index contributed by atoms with van der Waals surface area (Å²) in [4.78, 5) is 35.3. The number of fused-ring (bicyclic) bond motifs is 1. The molecule has 0 radical (unpaired) electrons. The van der Waals surface area contributed by atoms with Gasteiger partial charge in [-0.2, -0.15) is 0 Å². The molecular formula is C22H18ClN3O4S. The Morgan fingerprint density at radius 3 is 2.77 bits per heavy atom. The SMILES string of the molecule is COC(=O)C1=C(C)N=c2s/c(=C\c3cccnc3)c(=O)n2[C@H]1c1cc(Cl)ccc1OC. The third kappa shape index (κ3) is 3.80. The van der Waals surface area contributed by atoms with E-state index < -0.39 is 12.0 Å². The molecule has 1 aromatic carbocycles. The van der Waals surface area contributed by atoms with Crippen molar-refractivity contribution in [3.8, 4) is 5.75 Å². The second-order valence-electron chi connectivity index (χ2n) is 6.75. The van der Waals surface area contributed by atoms with Gasteiger partial charge in [-0.3, -0.25) is 14.3 Å². The fourth-order valence-corrected chi connectivity index (χ4v) is 4.75. The normalized spacial score (nSPS) is 16.0. The van der Waals surface area contributed by atoms with Gasteiger partial charge in [0.25, 0.3) is 5.56 Å². The molecule has 0 saturated heterocycles. The highest BCUT2D eigenvalue weighted by Gasteiger charge is 2.35. The van der Waals surface area contributed by atoms with E-state index in [9.17, 15) is 9.59 Å². The molecule has 158 valence electrons. The number of ether oxygens (including phenoxy) is 2. The van der Waals surface area contributed by atoms with Crippen molar-refractivity contribution in [3.05, 3.63) is 89.8 Å². The molecule has 0 fully saturated rings. The molecule has 0 bridgehead atoms. The average Bonchev–Trinajstić information content (AvgIpc) is 3.07. The summed E-state index contributed by atoms with van der Waals surface area (Å²) in [6.45, 7) is 1.72. The first-order valence-electron chi connectivity index (χ1n) is 9.29. The highest BCUT2D eigenvalue weighted by atomic mass is 35.5. The number of carbonyl (C=O) groups excluding carboxylic acids is 1. The molecule has 0 spiro atoms. The molecule has 3 heterocycles. The molecule has 31 heavy (non-hydrogen) atoms. The summed E-state index contributed by atoms with van der Waals surface area (Å²) in [6, 6.07) is 7.92. The molecule has 0 saturated carbocycles. The van der Waals surface area contributed by atoms with E-state index in [1.54, 1.807) is 49.7 Å². The largest absolute Gasteiger partial charge is 0.496 e. The Hall–Kier alpha value is -3.23. The molecule has 0 amide bonds. The van der Waals surface area contributed by atoms with Crippen molar-refractivity contribution in [2.24, 2.45) is 4.99 Å². The van der Waals surface area contributed by atoms with E-state index in [4.69, 9.17) is 21.1 Å².